The summed E-state index contributed by atoms with van der Waals surface area (Å²) < 4.78 is 15.7. The molecule has 1 saturated heterocycles. The summed E-state index contributed by atoms with van der Waals surface area (Å²) in [6, 6.07) is 7.15. The zero-order valence-corrected chi connectivity index (χ0v) is 14.6. The van der Waals surface area contributed by atoms with E-state index in [4.69, 9.17) is 14.2 Å². The first-order valence-corrected chi connectivity index (χ1v) is 8.10. The second kappa shape index (κ2) is 9.67. The molecule has 7 heteroatoms. The maximum atomic E-state index is 12.3. The van der Waals surface area contributed by atoms with Gasteiger partial charge in [0, 0.05) is 31.7 Å². The van der Waals surface area contributed by atoms with Crippen LogP contribution >= 0.6 is 0 Å². The molecule has 0 saturated carbocycles. The van der Waals surface area contributed by atoms with Crippen LogP contribution in [0.2, 0.25) is 0 Å². The van der Waals surface area contributed by atoms with Crippen LogP contribution in [0.4, 0.5) is 0 Å². The van der Waals surface area contributed by atoms with Gasteiger partial charge in [0.25, 0.3) is 5.91 Å². The molecule has 0 aromatic heterocycles. The number of nitriles is 1. The van der Waals surface area contributed by atoms with Gasteiger partial charge in [-0.2, -0.15) is 5.26 Å². The number of methoxy groups -OCH3 is 2. The third kappa shape index (κ3) is 5.48. The highest BCUT2D eigenvalue weighted by Gasteiger charge is 2.13. The monoisotopic (exact) mass is 345 g/mol. The molecule has 2 rings (SSSR count). The quantitative estimate of drug-likeness (QED) is 0.588. The fraction of sp³-hybridized carbons (Fsp3) is 0.444. The van der Waals surface area contributed by atoms with Crippen LogP contribution in [0.15, 0.2) is 23.8 Å². The fourth-order valence-corrected chi connectivity index (χ4v) is 2.50. The molecule has 1 amide bonds. The number of amides is 1. The summed E-state index contributed by atoms with van der Waals surface area (Å²) >= 11 is 0. The van der Waals surface area contributed by atoms with Crippen molar-refractivity contribution in [1.29, 1.82) is 5.26 Å². The molecule has 0 spiro atoms. The molecule has 1 aromatic rings. The first kappa shape index (κ1) is 18.8. The van der Waals surface area contributed by atoms with Crippen molar-refractivity contribution in [3.05, 3.63) is 29.3 Å². The summed E-state index contributed by atoms with van der Waals surface area (Å²) in [4.78, 5) is 14.5. The van der Waals surface area contributed by atoms with E-state index in [1.54, 1.807) is 25.3 Å². The molecule has 1 aliphatic rings. The molecule has 0 unspecified atom stereocenters. The SMILES string of the molecule is COc1ccc(OC)c(/C=C(/C#N)C(=O)NCCN2CCOCC2)c1. The molecular formula is C18H23N3O4. The van der Waals surface area contributed by atoms with Gasteiger partial charge < -0.3 is 19.5 Å². The highest BCUT2D eigenvalue weighted by atomic mass is 16.5. The molecule has 0 radical (unpaired) electrons. The Bertz CT molecular complexity index is 661. The second-order valence-corrected chi connectivity index (χ2v) is 5.49. The molecule has 0 aliphatic carbocycles. The lowest BCUT2D eigenvalue weighted by Crippen LogP contribution is -2.41. The fourth-order valence-electron chi connectivity index (χ4n) is 2.50. The molecule has 1 aromatic carbocycles. The maximum Gasteiger partial charge on any atom is 0.262 e. The van der Waals surface area contributed by atoms with Crippen LogP contribution in [0.5, 0.6) is 11.5 Å². The number of hydrogen-bond donors (Lipinski definition) is 1. The van der Waals surface area contributed by atoms with Gasteiger partial charge in [-0.3, -0.25) is 9.69 Å². The van der Waals surface area contributed by atoms with Crippen molar-refractivity contribution < 1.29 is 19.0 Å². The van der Waals surface area contributed by atoms with Crippen molar-refractivity contribution in [1.82, 2.24) is 10.2 Å². The van der Waals surface area contributed by atoms with Crippen LogP contribution in [0.3, 0.4) is 0 Å². The maximum absolute atomic E-state index is 12.3. The van der Waals surface area contributed by atoms with E-state index in [1.807, 2.05) is 6.07 Å². The lowest BCUT2D eigenvalue weighted by Gasteiger charge is -2.26. The van der Waals surface area contributed by atoms with Gasteiger partial charge >= 0.3 is 0 Å². The molecule has 1 aliphatic heterocycles. The lowest BCUT2D eigenvalue weighted by atomic mass is 10.1. The van der Waals surface area contributed by atoms with Gasteiger partial charge in [0.2, 0.25) is 0 Å². The Balaban J connectivity index is 2.01. The minimum atomic E-state index is -0.402. The van der Waals surface area contributed by atoms with Crippen molar-refractivity contribution in [3.63, 3.8) is 0 Å². The van der Waals surface area contributed by atoms with E-state index in [0.29, 0.717) is 36.8 Å². The normalized spacial score (nSPS) is 15.3. The van der Waals surface area contributed by atoms with Crippen LogP contribution in [0.25, 0.3) is 6.08 Å². The molecule has 1 N–H and O–H groups in total. The molecule has 134 valence electrons. The van der Waals surface area contributed by atoms with Crippen LogP contribution in [-0.2, 0) is 9.53 Å². The Morgan fingerprint density at radius 2 is 2.12 bits per heavy atom. The highest BCUT2D eigenvalue weighted by Crippen LogP contribution is 2.26. The predicted molar refractivity (Wildman–Crippen MR) is 93.4 cm³/mol. The number of carbonyl (C=O) groups is 1. The van der Waals surface area contributed by atoms with Crippen LogP contribution in [0, 0.1) is 11.3 Å². The molecule has 0 bridgehead atoms. The van der Waals surface area contributed by atoms with E-state index in [9.17, 15) is 10.1 Å². The number of nitrogens with one attached hydrogen (secondary N) is 1. The summed E-state index contributed by atoms with van der Waals surface area (Å²) in [5, 5.41) is 12.1. The molecule has 1 fully saturated rings. The molecule has 1 heterocycles. The Labute approximate surface area is 147 Å². The van der Waals surface area contributed by atoms with Gasteiger partial charge in [-0.1, -0.05) is 0 Å². The summed E-state index contributed by atoms with van der Waals surface area (Å²) in [7, 11) is 3.09. The summed E-state index contributed by atoms with van der Waals surface area (Å²) in [5.41, 5.74) is 0.634. The van der Waals surface area contributed by atoms with Crippen LogP contribution < -0.4 is 14.8 Å². The number of rotatable bonds is 7. The zero-order chi connectivity index (χ0) is 18.1. The van der Waals surface area contributed by atoms with Crippen molar-refractivity contribution >= 4 is 12.0 Å². The van der Waals surface area contributed by atoms with E-state index in [0.717, 1.165) is 19.6 Å². The van der Waals surface area contributed by atoms with Crippen molar-refractivity contribution in [2.45, 2.75) is 0 Å². The van der Waals surface area contributed by atoms with Crippen LogP contribution in [0.1, 0.15) is 5.56 Å². The summed E-state index contributed by atoms with van der Waals surface area (Å²) in [5.74, 6) is 0.785. The summed E-state index contributed by atoms with van der Waals surface area (Å²) in [6.07, 6.45) is 1.51. The second-order valence-electron chi connectivity index (χ2n) is 5.49. The standard InChI is InChI=1S/C18H23N3O4/c1-23-16-3-4-17(24-2)14(12-16)11-15(13-19)18(22)20-5-6-21-7-9-25-10-8-21/h3-4,11-12H,5-10H2,1-2H3,(H,20,22)/b15-11-. The third-order valence-corrected chi connectivity index (χ3v) is 3.92. The van der Waals surface area contributed by atoms with Crippen LogP contribution in [-0.4, -0.2) is 64.4 Å². The first-order valence-electron chi connectivity index (χ1n) is 8.10. The van der Waals surface area contributed by atoms with Gasteiger partial charge in [-0.25, -0.2) is 0 Å². The Morgan fingerprint density at radius 3 is 2.76 bits per heavy atom. The molecule has 7 nitrogen and oxygen atoms in total. The number of morpholine rings is 1. The topological polar surface area (TPSA) is 83.8 Å². The van der Waals surface area contributed by atoms with Crippen molar-refractivity contribution in [2.24, 2.45) is 0 Å². The molecule has 25 heavy (non-hydrogen) atoms. The third-order valence-electron chi connectivity index (χ3n) is 3.92. The Kier molecular flexibility index (Phi) is 7.26. The van der Waals surface area contributed by atoms with Crippen molar-refractivity contribution in [3.8, 4) is 17.6 Å². The first-order chi connectivity index (χ1) is 12.2. The smallest absolute Gasteiger partial charge is 0.262 e. The lowest BCUT2D eigenvalue weighted by molar-refractivity contribution is -0.117. The minimum absolute atomic E-state index is 0.0218. The van der Waals surface area contributed by atoms with Gasteiger partial charge in [-0.05, 0) is 24.3 Å². The van der Waals surface area contributed by atoms with Gasteiger partial charge in [0.1, 0.15) is 23.1 Å². The molecule has 0 atom stereocenters. The number of carbonyl (C=O) groups excluding carboxylic acids is 1. The minimum Gasteiger partial charge on any atom is -0.497 e. The van der Waals surface area contributed by atoms with E-state index < -0.39 is 5.91 Å². The number of nitrogens with zero attached hydrogens (tertiary/aromatic N) is 2. The zero-order valence-electron chi connectivity index (χ0n) is 14.6. The highest BCUT2D eigenvalue weighted by molar-refractivity contribution is 6.02. The van der Waals surface area contributed by atoms with Crippen molar-refractivity contribution in [2.75, 3.05) is 53.6 Å². The van der Waals surface area contributed by atoms with Gasteiger partial charge in [0.05, 0.1) is 27.4 Å². The average Bonchev–Trinajstić information content (AvgIpc) is 2.66. The van der Waals surface area contributed by atoms with E-state index >= 15 is 0 Å². The number of ether oxygens (including phenoxy) is 3. The van der Waals surface area contributed by atoms with Gasteiger partial charge in [-0.15, -0.1) is 0 Å². The predicted octanol–water partition coefficient (Wildman–Crippen LogP) is 1.06. The Morgan fingerprint density at radius 1 is 1.36 bits per heavy atom. The Hall–Kier alpha value is -2.56. The largest absolute Gasteiger partial charge is 0.497 e. The molecular weight excluding hydrogens is 322 g/mol. The average molecular weight is 345 g/mol. The number of hydrogen-bond acceptors (Lipinski definition) is 6. The van der Waals surface area contributed by atoms with Gasteiger partial charge in [0.15, 0.2) is 0 Å². The van der Waals surface area contributed by atoms with E-state index in [1.165, 1.54) is 13.2 Å². The summed E-state index contributed by atoms with van der Waals surface area (Å²) in [6.45, 7) is 4.36. The van der Waals surface area contributed by atoms with E-state index in [2.05, 4.69) is 10.2 Å². The number of benzene rings is 1. The van der Waals surface area contributed by atoms with E-state index in [-0.39, 0.29) is 5.57 Å².